The highest BCUT2D eigenvalue weighted by molar-refractivity contribution is 7.99. The molecule has 2 aliphatic rings. The molecule has 1 saturated heterocycles. The SMILES string of the molecule is CCOC(=O)N1CCN(C2Cc3ccc(OC)cc3Sc3ccc(SC)cc32)CC1. The highest BCUT2D eigenvalue weighted by Crippen LogP contribution is 2.45. The Morgan fingerprint density at radius 3 is 2.63 bits per heavy atom. The van der Waals surface area contributed by atoms with Gasteiger partial charge in [-0.05, 0) is 61.1 Å². The third-order valence-corrected chi connectivity index (χ3v) is 7.68. The van der Waals surface area contributed by atoms with Gasteiger partial charge in [-0.25, -0.2) is 4.79 Å². The van der Waals surface area contributed by atoms with E-state index in [2.05, 4.69) is 47.6 Å². The molecular formula is C23H28N2O3S2. The van der Waals surface area contributed by atoms with Crippen molar-refractivity contribution < 1.29 is 14.3 Å². The summed E-state index contributed by atoms with van der Waals surface area (Å²) in [6.07, 6.45) is 2.88. The number of rotatable bonds is 4. The highest BCUT2D eigenvalue weighted by atomic mass is 32.2. The zero-order chi connectivity index (χ0) is 21.1. The predicted octanol–water partition coefficient (Wildman–Crippen LogP) is 4.94. The molecule has 160 valence electrons. The van der Waals surface area contributed by atoms with Gasteiger partial charge in [0.05, 0.1) is 13.7 Å². The van der Waals surface area contributed by atoms with Crippen LogP contribution in [0.4, 0.5) is 4.79 Å². The number of hydrogen-bond acceptors (Lipinski definition) is 6. The molecule has 1 unspecified atom stereocenters. The van der Waals surface area contributed by atoms with Crippen molar-refractivity contribution in [3.05, 3.63) is 47.5 Å². The number of nitrogens with zero attached hydrogens (tertiary/aromatic N) is 2. The van der Waals surface area contributed by atoms with Crippen LogP contribution in [0.3, 0.4) is 0 Å². The molecule has 5 nitrogen and oxygen atoms in total. The van der Waals surface area contributed by atoms with Crippen LogP contribution < -0.4 is 4.74 Å². The number of thioether (sulfide) groups is 1. The lowest BCUT2D eigenvalue weighted by Crippen LogP contribution is -2.50. The van der Waals surface area contributed by atoms with Crippen LogP contribution >= 0.6 is 23.5 Å². The molecule has 0 radical (unpaired) electrons. The molecule has 0 saturated carbocycles. The summed E-state index contributed by atoms with van der Waals surface area (Å²) in [7, 11) is 1.72. The second kappa shape index (κ2) is 9.54. The lowest BCUT2D eigenvalue weighted by molar-refractivity contribution is 0.0652. The van der Waals surface area contributed by atoms with Crippen molar-refractivity contribution in [1.82, 2.24) is 9.80 Å². The van der Waals surface area contributed by atoms with Crippen molar-refractivity contribution in [2.24, 2.45) is 0 Å². The predicted molar refractivity (Wildman–Crippen MR) is 122 cm³/mol. The standard InChI is InChI=1S/C23H28N2O3S2/c1-4-28-23(26)25-11-9-24(10-12-25)20-13-16-5-6-17(27-2)14-22(16)30-21-8-7-18(29-3)15-19(20)21/h5-8,14-15,20H,4,9-13H2,1-3H3. The van der Waals surface area contributed by atoms with Crippen LogP contribution in [0, 0.1) is 0 Å². The van der Waals surface area contributed by atoms with E-state index in [0.717, 1.165) is 25.3 Å². The fourth-order valence-electron chi connectivity index (χ4n) is 4.13. The normalized spacial score (nSPS) is 18.9. The van der Waals surface area contributed by atoms with E-state index in [1.165, 1.54) is 25.8 Å². The van der Waals surface area contributed by atoms with Crippen molar-refractivity contribution >= 4 is 29.6 Å². The van der Waals surface area contributed by atoms with Gasteiger partial charge < -0.3 is 14.4 Å². The van der Waals surface area contributed by atoms with Crippen molar-refractivity contribution in [2.45, 2.75) is 34.1 Å². The molecule has 30 heavy (non-hydrogen) atoms. The van der Waals surface area contributed by atoms with Crippen LogP contribution in [0.2, 0.25) is 0 Å². The van der Waals surface area contributed by atoms with Gasteiger partial charge in [0, 0.05) is 46.9 Å². The van der Waals surface area contributed by atoms with E-state index in [0.29, 0.717) is 25.7 Å². The Kier molecular flexibility index (Phi) is 6.80. The number of ether oxygens (including phenoxy) is 2. The summed E-state index contributed by atoms with van der Waals surface area (Å²) in [4.78, 5) is 20.3. The second-order valence-corrected chi connectivity index (χ2v) is 9.38. The molecule has 1 atom stereocenters. The van der Waals surface area contributed by atoms with Crippen LogP contribution in [0.25, 0.3) is 0 Å². The van der Waals surface area contributed by atoms with Gasteiger partial charge in [-0.2, -0.15) is 0 Å². The zero-order valence-corrected chi connectivity index (χ0v) is 19.4. The van der Waals surface area contributed by atoms with Crippen molar-refractivity contribution in [2.75, 3.05) is 46.2 Å². The van der Waals surface area contributed by atoms with Crippen LogP contribution in [0.15, 0.2) is 51.1 Å². The van der Waals surface area contributed by atoms with Crippen LogP contribution in [-0.4, -0.2) is 62.0 Å². The maximum Gasteiger partial charge on any atom is 0.409 e. The van der Waals surface area contributed by atoms with Crippen LogP contribution in [0.5, 0.6) is 5.75 Å². The third kappa shape index (κ3) is 4.43. The number of amides is 1. The lowest BCUT2D eigenvalue weighted by Gasteiger charge is -2.39. The molecule has 2 aliphatic heterocycles. The third-order valence-electron chi connectivity index (χ3n) is 5.76. The molecule has 4 rings (SSSR count). The topological polar surface area (TPSA) is 42.0 Å². The van der Waals surface area contributed by atoms with Crippen molar-refractivity contribution in [3.63, 3.8) is 0 Å². The van der Waals surface area contributed by atoms with E-state index in [4.69, 9.17) is 9.47 Å². The Morgan fingerprint density at radius 1 is 1.13 bits per heavy atom. The first-order chi connectivity index (χ1) is 14.6. The molecule has 0 spiro atoms. The summed E-state index contributed by atoms with van der Waals surface area (Å²) < 4.78 is 10.7. The van der Waals surface area contributed by atoms with Gasteiger partial charge >= 0.3 is 6.09 Å². The van der Waals surface area contributed by atoms with Gasteiger partial charge in [0.25, 0.3) is 0 Å². The molecule has 0 aromatic heterocycles. The first-order valence-electron chi connectivity index (χ1n) is 10.3. The second-order valence-electron chi connectivity index (χ2n) is 7.42. The Bertz CT molecular complexity index is 913. The van der Waals surface area contributed by atoms with Crippen molar-refractivity contribution in [3.8, 4) is 5.75 Å². The zero-order valence-electron chi connectivity index (χ0n) is 17.7. The quantitative estimate of drug-likeness (QED) is 0.622. The summed E-state index contributed by atoms with van der Waals surface area (Å²) >= 11 is 3.61. The Balaban J connectivity index is 1.64. The van der Waals surface area contributed by atoms with E-state index in [1.807, 2.05) is 23.6 Å². The molecular weight excluding hydrogens is 416 g/mol. The number of fused-ring (bicyclic) bond motifs is 2. The first kappa shape index (κ1) is 21.4. The average Bonchev–Trinajstić information content (AvgIpc) is 2.94. The smallest absolute Gasteiger partial charge is 0.409 e. The van der Waals surface area contributed by atoms with E-state index in [9.17, 15) is 4.79 Å². The number of benzene rings is 2. The average molecular weight is 445 g/mol. The van der Waals surface area contributed by atoms with Gasteiger partial charge in [-0.15, -0.1) is 11.8 Å². The maximum atomic E-state index is 12.1. The van der Waals surface area contributed by atoms with E-state index in [-0.39, 0.29) is 6.09 Å². The number of hydrogen-bond donors (Lipinski definition) is 0. The minimum absolute atomic E-state index is 0.198. The monoisotopic (exact) mass is 444 g/mol. The largest absolute Gasteiger partial charge is 0.497 e. The van der Waals surface area contributed by atoms with E-state index < -0.39 is 0 Å². The fraction of sp³-hybridized carbons (Fsp3) is 0.435. The Labute approximate surface area is 187 Å². The summed E-state index contributed by atoms with van der Waals surface area (Å²) in [6.45, 7) is 5.38. The maximum absolute atomic E-state index is 12.1. The van der Waals surface area contributed by atoms with Crippen LogP contribution in [-0.2, 0) is 11.2 Å². The molecule has 1 fully saturated rings. The molecule has 0 bridgehead atoms. The van der Waals surface area contributed by atoms with Gasteiger partial charge in [0.1, 0.15) is 5.75 Å². The number of carbonyl (C=O) groups is 1. The highest BCUT2D eigenvalue weighted by Gasteiger charge is 2.31. The summed E-state index contributed by atoms with van der Waals surface area (Å²) in [5.41, 5.74) is 2.73. The van der Waals surface area contributed by atoms with E-state index in [1.54, 1.807) is 18.9 Å². The minimum atomic E-state index is -0.198. The molecule has 0 N–H and O–H groups in total. The molecule has 2 heterocycles. The Morgan fingerprint density at radius 2 is 1.93 bits per heavy atom. The minimum Gasteiger partial charge on any atom is -0.497 e. The molecule has 1 amide bonds. The molecule has 2 aromatic rings. The van der Waals surface area contributed by atoms with Crippen LogP contribution in [0.1, 0.15) is 24.1 Å². The molecule has 2 aromatic carbocycles. The van der Waals surface area contributed by atoms with Gasteiger partial charge in [0.15, 0.2) is 0 Å². The summed E-state index contributed by atoms with van der Waals surface area (Å²) in [5, 5.41) is 0. The van der Waals surface area contributed by atoms with E-state index >= 15 is 0 Å². The molecule has 0 aliphatic carbocycles. The number of methoxy groups -OCH3 is 1. The number of carbonyl (C=O) groups excluding carboxylic acids is 1. The summed E-state index contributed by atoms with van der Waals surface area (Å²) in [6, 6.07) is 13.5. The van der Waals surface area contributed by atoms with Crippen molar-refractivity contribution in [1.29, 1.82) is 0 Å². The fourth-order valence-corrected chi connectivity index (χ4v) is 5.72. The van der Waals surface area contributed by atoms with Gasteiger partial charge in [-0.3, -0.25) is 4.90 Å². The van der Waals surface area contributed by atoms with Gasteiger partial charge in [0.2, 0.25) is 0 Å². The first-order valence-corrected chi connectivity index (χ1v) is 12.4. The summed E-state index contributed by atoms with van der Waals surface area (Å²) in [5.74, 6) is 0.894. The Hall–Kier alpha value is -1.83. The molecule has 7 heteroatoms. The lowest BCUT2D eigenvalue weighted by atomic mass is 9.96. The van der Waals surface area contributed by atoms with Gasteiger partial charge in [-0.1, -0.05) is 17.8 Å². The number of piperazine rings is 1.